The fourth-order valence-corrected chi connectivity index (χ4v) is 4.94. The summed E-state index contributed by atoms with van der Waals surface area (Å²) < 4.78 is 38.3. The Kier molecular flexibility index (Phi) is 8.93. The van der Waals surface area contributed by atoms with Crippen LogP contribution in [0.1, 0.15) is 19.3 Å². The molecule has 33 heavy (non-hydrogen) atoms. The number of anilines is 1. The van der Waals surface area contributed by atoms with Gasteiger partial charge in [-0.25, -0.2) is 17.9 Å². The van der Waals surface area contributed by atoms with Gasteiger partial charge in [0.05, 0.1) is 30.8 Å². The number of benzene rings is 2. The van der Waals surface area contributed by atoms with E-state index in [1.54, 1.807) is 43.5 Å². The molecule has 1 aliphatic rings. The highest BCUT2D eigenvalue weighted by Gasteiger charge is 2.32. The van der Waals surface area contributed by atoms with Crippen LogP contribution in [0.4, 0.5) is 10.5 Å². The average molecular weight is 498 g/mol. The molecule has 11 heteroatoms. The van der Waals surface area contributed by atoms with Gasteiger partial charge in [-0.2, -0.15) is 0 Å². The highest BCUT2D eigenvalue weighted by Crippen LogP contribution is 2.23. The van der Waals surface area contributed by atoms with Crippen molar-refractivity contribution in [2.75, 3.05) is 25.6 Å². The van der Waals surface area contributed by atoms with E-state index in [0.717, 1.165) is 0 Å². The summed E-state index contributed by atoms with van der Waals surface area (Å²) >= 11 is 5.87. The van der Waals surface area contributed by atoms with E-state index < -0.39 is 22.2 Å². The lowest BCUT2D eigenvalue weighted by Gasteiger charge is -2.36. The molecule has 1 fully saturated rings. The Morgan fingerprint density at radius 3 is 2.64 bits per heavy atom. The number of ether oxygens (including phenoxy) is 2. The molecule has 0 saturated carbocycles. The first kappa shape index (κ1) is 25.3. The number of rotatable bonds is 9. The van der Waals surface area contributed by atoms with Crippen LogP contribution in [-0.2, 0) is 14.8 Å². The SMILES string of the molecule is COc1ccc(NC(=O)N[C@@H]2CC[C@H](CCNS(=O)(=O)c3cccc(Cl)c3)O[C@H]2CO)cc1. The Morgan fingerprint density at radius 2 is 1.97 bits per heavy atom. The molecular formula is C22H28ClN3O6S. The van der Waals surface area contributed by atoms with Crippen LogP contribution in [0.25, 0.3) is 0 Å². The molecule has 0 bridgehead atoms. The molecule has 9 nitrogen and oxygen atoms in total. The minimum Gasteiger partial charge on any atom is -0.497 e. The van der Waals surface area contributed by atoms with Crippen LogP contribution in [0.15, 0.2) is 53.4 Å². The third-order valence-corrected chi connectivity index (χ3v) is 7.02. The second-order valence-corrected chi connectivity index (χ2v) is 9.84. The van der Waals surface area contributed by atoms with Crippen molar-refractivity contribution in [1.82, 2.24) is 10.0 Å². The maximum absolute atomic E-state index is 12.4. The van der Waals surface area contributed by atoms with E-state index in [0.29, 0.717) is 35.7 Å². The van der Waals surface area contributed by atoms with Crippen molar-refractivity contribution in [3.05, 3.63) is 53.6 Å². The number of aliphatic hydroxyl groups is 1. The molecule has 4 N–H and O–H groups in total. The van der Waals surface area contributed by atoms with Crippen LogP contribution in [0.5, 0.6) is 5.75 Å². The molecule has 180 valence electrons. The van der Waals surface area contributed by atoms with Crippen LogP contribution in [0.2, 0.25) is 5.02 Å². The fraction of sp³-hybridized carbons (Fsp3) is 0.409. The van der Waals surface area contributed by atoms with Gasteiger partial charge >= 0.3 is 6.03 Å². The van der Waals surface area contributed by atoms with Gasteiger partial charge in [0.2, 0.25) is 10.0 Å². The summed E-state index contributed by atoms with van der Waals surface area (Å²) in [5.74, 6) is 0.683. The van der Waals surface area contributed by atoms with E-state index in [1.807, 2.05) is 0 Å². The second-order valence-electron chi connectivity index (χ2n) is 7.63. The molecule has 0 aromatic heterocycles. The normalized spacial score (nSPS) is 20.8. The number of urea groups is 1. The number of sulfonamides is 1. The van der Waals surface area contributed by atoms with Gasteiger partial charge in [-0.05, 0) is 61.7 Å². The predicted molar refractivity (Wildman–Crippen MR) is 125 cm³/mol. The highest BCUT2D eigenvalue weighted by atomic mass is 35.5. The monoisotopic (exact) mass is 497 g/mol. The van der Waals surface area contributed by atoms with E-state index >= 15 is 0 Å². The van der Waals surface area contributed by atoms with Crippen molar-refractivity contribution < 1.29 is 27.8 Å². The number of carbonyl (C=O) groups excluding carboxylic acids is 1. The van der Waals surface area contributed by atoms with Crippen molar-refractivity contribution in [1.29, 1.82) is 0 Å². The summed E-state index contributed by atoms with van der Waals surface area (Å²) in [6.07, 6.45) is 0.804. The summed E-state index contributed by atoms with van der Waals surface area (Å²) in [4.78, 5) is 12.4. The van der Waals surface area contributed by atoms with Crippen LogP contribution in [-0.4, -0.2) is 58.1 Å². The maximum Gasteiger partial charge on any atom is 0.319 e. The lowest BCUT2D eigenvalue weighted by molar-refractivity contribution is -0.0884. The first-order chi connectivity index (χ1) is 15.8. The van der Waals surface area contributed by atoms with E-state index in [4.69, 9.17) is 21.1 Å². The summed E-state index contributed by atoms with van der Waals surface area (Å²) in [7, 11) is -2.11. The van der Waals surface area contributed by atoms with Crippen LogP contribution in [0, 0.1) is 0 Å². The number of hydrogen-bond donors (Lipinski definition) is 4. The van der Waals surface area contributed by atoms with E-state index in [1.165, 1.54) is 12.1 Å². The van der Waals surface area contributed by atoms with Crippen LogP contribution >= 0.6 is 11.6 Å². The van der Waals surface area contributed by atoms with Crippen molar-refractivity contribution in [3.63, 3.8) is 0 Å². The van der Waals surface area contributed by atoms with Crippen LogP contribution in [0.3, 0.4) is 0 Å². The van der Waals surface area contributed by atoms with E-state index in [9.17, 15) is 18.3 Å². The Balaban J connectivity index is 1.46. The van der Waals surface area contributed by atoms with Crippen LogP contribution < -0.4 is 20.1 Å². The Bertz CT molecular complexity index is 1030. The number of methoxy groups -OCH3 is 1. The fourth-order valence-electron chi connectivity index (χ4n) is 3.59. The molecule has 2 aromatic rings. The first-order valence-electron chi connectivity index (χ1n) is 10.5. The molecule has 3 rings (SSSR count). The van der Waals surface area contributed by atoms with Gasteiger partial charge < -0.3 is 25.2 Å². The molecular weight excluding hydrogens is 470 g/mol. The molecule has 0 spiro atoms. The molecule has 2 amide bonds. The smallest absolute Gasteiger partial charge is 0.319 e. The minimum atomic E-state index is -3.68. The number of aliphatic hydroxyl groups excluding tert-OH is 1. The topological polar surface area (TPSA) is 126 Å². The van der Waals surface area contributed by atoms with Crippen molar-refractivity contribution in [2.45, 2.75) is 42.4 Å². The lowest BCUT2D eigenvalue weighted by Crippen LogP contribution is -2.52. The molecule has 1 aliphatic heterocycles. The zero-order valence-corrected chi connectivity index (χ0v) is 19.7. The van der Waals surface area contributed by atoms with Gasteiger partial charge in [-0.3, -0.25) is 0 Å². The lowest BCUT2D eigenvalue weighted by atomic mass is 9.97. The van der Waals surface area contributed by atoms with Gasteiger partial charge in [0.15, 0.2) is 0 Å². The summed E-state index contributed by atoms with van der Waals surface area (Å²) in [5, 5.41) is 15.6. The van der Waals surface area contributed by atoms with Gasteiger partial charge in [-0.15, -0.1) is 0 Å². The Hall–Kier alpha value is -2.37. The number of halogens is 1. The zero-order valence-electron chi connectivity index (χ0n) is 18.2. The number of nitrogens with one attached hydrogen (secondary N) is 3. The third-order valence-electron chi connectivity index (χ3n) is 5.32. The van der Waals surface area contributed by atoms with Gasteiger partial charge in [0, 0.05) is 17.3 Å². The third kappa shape index (κ3) is 7.31. The van der Waals surface area contributed by atoms with Gasteiger partial charge in [-0.1, -0.05) is 17.7 Å². The second kappa shape index (κ2) is 11.7. The molecule has 1 saturated heterocycles. The molecule has 0 unspecified atom stereocenters. The van der Waals surface area contributed by atoms with E-state index in [2.05, 4.69) is 15.4 Å². The minimum absolute atomic E-state index is 0.0972. The molecule has 1 heterocycles. The van der Waals surface area contributed by atoms with Gasteiger partial charge in [0.1, 0.15) is 11.9 Å². The maximum atomic E-state index is 12.4. The first-order valence-corrected chi connectivity index (χ1v) is 12.4. The number of amides is 2. The standard InChI is InChI=1S/C22H28ClN3O6S/c1-31-17-7-5-16(6-8-17)25-22(28)26-20-10-9-18(32-21(20)14-27)11-12-24-33(29,30)19-4-2-3-15(23)13-19/h2-8,13,18,20-21,24,27H,9-12,14H2,1H3,(H2,25,26,28)/t18-,20-,21+/m1/s1. The molecule has 0 aliphatic carbocycles. The van der Waals surface area contributed by atoms with E-state index in [-0.39, 0.29) is 30.2 Å². The van der Waals surface area contributed by atoms with Gasteiger partial charge in [0.25, 0.3) is 0 Å². The largest absolute Gasteiger partial charge is 0.497 e. The van der Waals surface area contributed by atoms with Crippen molar-refractivity contribution in [2.24, 2.45) is 0 Å². The summed E-state index contributed by atoms with van der Waals surface area (Å²) in [6.45, 7) is -0.0913. The average Bonchev–Trinajstić information content (AvgIpc) is 2.80. The zero-order chi connectivity index (χ0) is 23.8. The quantitative estimate of drug-likeness (QED) is 0.422. The van der Waals surface area contributed by atoms with Crippen molar-refractivity contribution >= 4 is 33.3 Å². The molecule has 3 atom stereocenters. The number of carbonyl (C=O) groups is 1. The Labute approximate surface area is 198 Å². The van der Waals surface area contributed by atoms with Crippen molar-refractivity contribution in [3.8, 4) is 5.75 Å². The molecule has 0 radical (unpaired) electrons. The number of hydrogen-bond acceptors (Lipinski definition) is 6. The predicted octanol–water partition coefficient (Wildman–Crippen LogP) is 2.75. The summed E-state index contributed by atoms with van der Waals surface area (Å²) in [6, 6.07) is 12.2. The summed E-state index contributed by atoms with van der Waals surface area (Å²) in [5.41, 5.74) is 0.607. The Morgan fingerprint density at radius 1 is 1.21 bits per heavy atom. The highest BCUT2D eigenvalue weighted by molar-refractivity contribution is 7.89. The molecule has 2 aromatic carbocycles.